The monoisotopic (exact) mass is 379 g/mol. The minimum Gasteiger partial charge on any atom is -0.369 e. The molecule has 2 aliphatic rings. The summed E-state index contributed by atoms with van der Waals surface area (Å²) in [6.07, 6.45) is 5.14. The third kappa shape index (κ3) is 4.44. The molecular weight excluding hydrogens is 350 g/mol. The van der Waals surface area contributed by atoms with Gasteiger partial charge in [-0.15, -0.1) is 0 Å². The predicted octanol–water partition coefficient (Wildman–Crippen LogP) is 3.20. The average molecular weight is 380 g/mol. The highest BCUT2D eigenvalue weighted by Gasteiger charge is 2.19. The number of hydrogen-bond acceptors (Lipinski definition) is 5. The van der Waals surface area contributed by atoms with Gasteiger partial charge < -0.3 is 20.0 Å². The molecule has 2 fully saturated rings. The van der Waals surface area contributed by atoms with Crippen LogP contribution in [0.1, 0.15) is 29.8 Å². The average Bonchev–Trinajstić information content (AvgIpc) is 2.76. The molecule has 4 rings (SSSR count). The van der Waals surface area contributed by atoms with E-state index in [2.05, 4.69) is 51.4 Å². The molecule has 0 bridgehead atoms. The molecule has 2 aliphatic heterocycles. The van der Waals surface area contributed by atoms with Crippen LogP contribution in [0.5, 0.6) is 0 Å². The Kier molecular flexibility index (Phi) is 5.76. The Balaban J connectivity index is 1.35. The first-order valence-corrected chi connectivity index (χ1v) is 10.2. The molecule has 0 atom stereocenters. The van der Waals surface area contributed by atoms with Crippen LogP contribution in [0.4, 0.5) is 17.1 Å². The van der Waals surface area contributed by atoms with Gasteiger partial charge in [-0.1, -0.05) is 0 Å². The zero-order chi connectivity index (χ0) is 19.3. The number of anilines is 3. The van der Waals surface area contributed by atoms with E-state index < -0.39 is 0 Å². The molecule has 1 aromatic carbocycles. The normalized spacial score (nSPS) is 18.2. The molecule has 28 heavy (non-hydrogen) atoms. The summed E-state index contributed by atoms with van der Waals surface area (Å²) in [6, 6.07) is 12.3. The molecule has 6 heteroatoms. The molecule has 3 heterocycles. The number of carbonyl (C=O) groups is 1. The Bertz CT molecular complexity index is 776. The van der Waals surface area contributed by atoms with Gasteiger partial charge in [0, 0.05) is 50.6 Å². The van der Waals surface area contributed by atoms with E-state index in [9.17, 15) is 4.79 Å². The molecular formula is C22H29N5O. The number of piperazine rings is 1. The standard InChI is InChI=1S/C22H29N5O/c1-25-13-15-26(16-14-25)20-8-5-18(6-9-20)24-19-7-10-21(23-17-19)22(28)27-11-3-2-4-12-27/h5-10,17,24H,2-4,11-16H2,1H3. The zero-order valence-corrected chi connectivity index (χ0v) is 16.6. The number of carbonyl (C=O) groups excluding carboxylic acids is 1. The molecule has 0 spiro atoms. The summed E-state index contributed by atoms with van der Waals surface area (Å²) in [7, 11) is 2.17. The number of pyridine rings is 1. The Morgan fingerprint density at radius 2 is 1.54 bits per heavy atom. The largest absolute Gasteiger partial charge is 0.369 e. The van der Waals surface area contributed by atoms with Crippen LogP contribution in [0.15, 0.2) is 42.6 Å². The van der Waals surface area contributed by atoms with Gasteiger partial charge in [0.1, 0.15) is 5.69 Å². The number of likely N-dealkylation sites (N-methyl/N-ethyl adjacent to an activating group) is 1. The molecule has 0 radical (unpaired) electrons. The lowest BCUT2D eigenvalue weighted by molar-refractivity contribution is 0.0718. The summed E-state index contributed by atoms with van der Waals surface area (Å²) >= 11 is 0. The molecule has 2 saturated heterocycles. The van der Waals surface area contributed by atoms with E-state index in [1.807, 2.05) is 17.0 Å². The van der Waals surface area contributed by atoms with Gasteiger partial charge in [-0.3, -0.25) is 4.79 Å². The van der Waals surface area contributed by atoms with Gasteiger partial charge in [0.15, 0.2) is 0 Å². The molecule has 148 valence electrons. The Morgan fingerprint density at radius 1 is 0.857 bits per heavy atom. The van der Waals surface area contributed by atoms with Gasteiger partial charge in [0.25, 0.3) is 5.91 Å². The minimum atomic E-state index is 0.0442. The van der Waals surface area contributed by atoms with Crippen LogP contribution in [0, 0.1) is 0 Å². The number of amides is 1. The number of likely N-dealkylation sites (tertiary alicyclic amines) is 1. The van der Waals surface area contributed by atoms with Crippen molar-refractivity contribution in [3.05, 3.63) is 48.3 Å². The fourth-order valence-electron chi connectivity index (χ4n) is 3.84. The van der Waals surface area contributed by atoms with Crippen molar-refractivity contribution in [2.24, 2.45) is 0 Å². The van der Waals surface area contributed by atoms with Gasteiger partial charge in [0.2, 0.25) is 0 Å². The van der Waals surface area contributed by atoms with Gasteiger partial charge in [-0.25, -0.2) is 4.98 Å². The predicted molar refractivity (Wildman–Crippen MR) is 113 cm³/mol. The summed E-state index contributed by atoms with van der Waals surface area (Å²) in [5.41, 5.74) is 3.70. The number of piperidine rings is 1. The van der Waals surface area contributed by atoms with Crippen molar-refractivity contribution in [1.82, 2.24) is 14.8 Å². The summed E-state index contributed by atoms with van der Waals surface area (Å²) in [5, 5.41) is 3.37. The van der Waals surface area contributed by atoms with Gasteiger partial charge >= 0.3 is 0 Å². The van der Waals surface area contributed by atoms with E-state index in [4.69, 9.17) is 0 Å². The van der Waals surface area contributed by atoms with Crippen molar-refractivity contribution < 1.29 is 4.79 Å². The molecule has 0 saturated carbocycles. The first-order valence-electron chi connectivity index (χ1n) is 10.2. The summed E-state index contributed by atoms with van der Waals surface area (Å²) in [4.78, 5) is 23.6. The second kappa shape index (κ2) is 8.61. The Morgan fingerprint density at radius 3 is 2.18 bits per heavy atom. The van der Waals surface area contributed by atoms with Crippen LogP contribution in [0.3, 0.4) is 0 Å². The van der Waals surface area contributed by atoms with Crippen molar-refractivity contribution in [1.29, 1.82) is 0 Å². The van der Waals surface area contributed by atoms with Gasteiger partial charge in [0.05, 0.1) is 11.9 Å². The molecule has 6 nitrogen and oxygen atoms in total. The van der Waals surface area contributed by atoms with Crippen LogP contribution in [-0.2, 0) is 0 Å². The van der Waals surface area contributed by atoms with Crippen molar-refractivity contribution in [3.63, 3.8) is 0 Å². The number of rotatable bonds is 4. The minimum absolute atomic E-state index is 0.0442. The fourth-order valence-corrected chi connectivity index (χ4v) is 3.84. The highest BCUT2D eigenvalue weighted by atomic mass is 16.2. The van der Waals surface area contributed by atoms with Gasteiger partial charge in [-0.05, 0) is 62.7 Å². The van der Waals surface area contributed by atoms with Crippen molar-refractivity contribution in [3.8, 4) is 0 Å². The lowest BCUT2D eigenvalue weighted by Gasteiger charge is -2.34. The number of hydrogen-bond donors (Lipinski definition) is 1. The molecule has 1 amide bonds. The van der Waals surface area contributed by atoms with Crippen LogP contribution in [-0.4, -0.2) is 67.0 Å². The second-order valence-electron chi connectivity index (χ2n) is 7.75. The van der Waals surface area contributed by atoms with E-state index >= 15 is 0 Å². The summed E-state index contributed by atoms with van der Waals surface area (Å²) in [6.45, 7) is 6.04. The Hall–Kier alpha value is -2.60. The molecule has 2 aromatic rings. The lowest BCUT2D eigenvalue weighted by Crippen LogP contribution is -2.44. The quantitative estimate of drug-likeness (QED) is 0.884. The molecule has 0 aliphatic carbocycles. The van der Waals surface area contributed by atoms with Crippen LogP contribution < -0.4 is 10.2 Å². The molecule has 0 unspecified atom stereocenters. The van der Waals surface area contributed by atoms with Crippen molar-refractivity contribution >= 4 is 23.0 Å². The van der Waals surface area contributed by atoms with Crippen LogP contribution in [0.2, 0.25) is 0 Å². The van der Waals surface area contributed by atoms with Crippen LogP contribution >= 0.6 is 0 Å². The maximum absolute atomic E-state index is 12.5. The lowest BCUT2D eigenvalue weighted by atomic mass is 10.1. The highest BCUT2D eigenvalue weighted by molar-refractivity contribution is 5.92. The maximum Gasteiger partial charge on any atom is 0.272 e. The van der Waals surface area contributed by atoms with E-state index in [0.29, 0.717) is 5.69 Å². The zero-order valence-electron chi connectivity index (χ0n) is 16.6. The summed E-state index contributed by atoms with van der Waals surface area (Å²) in [5.74, 6) is 0.0442. The first-order chi connectivity index (χ1) is 13.7. The second-order valence-corrected chi connectivity index (χ2v) is 7.75. The van der Waals surface area contributed by atoms with E-state index in [0.717, 1.165) is 63.5 Å². The van der Waals surface area contributed by atoms with Crippen molar-refractivity contribution in [2.45, 2.75) is 19.3 Å². The SMILES string of the molecule is CN1CCN(c2ccc(Nc3ccc(C(=O)N4CCCCC4)nc3)cc2)CC1. The van der Waals surface area contributed by atoms with E-state index in [-0.39, 0.29) is 5.91 Å². The summed E-state index contributed by atoms with van der Waals surface area (Å²) < 4.78 is 0. The van der Waals surface area contributed by atoms with Crippen molar-refractivity contribution in [2.75, 3.05) is 56.5 Å². The first kappa shape index (κ1) is 18.7. The van der Waals surface area contributed by atoms with E-state index in [1.54, 1.807) is 6.20 Å². The number of benzene rings is 1. The van der Waals surface area contributed by atoms with Crippen LogP contribution in [0.25, 0.3) is 0 Å². The highest BCUT2D eigenvalue weighted by Crippen LogP contribution is 2.22. The number of nitrogens with one attached hydrogen (secondary N) is 1. The molecule has 1 N–H and O–H groups in total. The third-order valence-corrected chi connectivity index (χ3v) is 5.65. The third-order valence-electron chi connectivity index (χ3n) is 5.65. The molecule has 1 aromatic heterocycles. The number of aromatic nitrogens is 1. The number of nitrogens with zero attached hydrogens (tertiary/aromatic N) is 4. The smallest absolute Gasteiger partial charge is 0.272 e. The topological polar surface area (TPSA) is 51.7 Å². The Labute approximate surface area is 167 Å². The maximum atomic E-state index is 12.5. The van der Waals surface area contributed by atoms with E-state index in [1.165, 1.54) is 12.1 Å². The fraction of sp³-hybridized carbons (Fsp3) is 0.455. The van der Waals surface area contributed by atoms with Gasteiger partial charge in [-0.2, -0.15) is 0 Å².